The molecular formula is C4H8LiNS2. The molecule has 1 nitrogen and oxygen atoms in total. The first-order valence-electron chi connectivity index (χ1n) is 2.10. The van der Waals surface area contributed by atoms with Crippen LogP contribution in [0.5, 0.6) is 0 Å². The van der Waals surface area contributed by atoms with Gasteiger partial charge in [-0.15, -0.1) is 0 Å². The smallest absolute Gasteiger partial charge is 0.411 e. The first-order valence-corrected chi connectivity index (χ1v) is 2.92. The molecule has 0 spiro atoms. The molecular weight excluding hydrogens is 133 g/mol. The van der Waals surface area contributed by atoms with Crippen LogP contribution < -0.4 is 18.9 Å². The van der Waals surface area contributed by atoms with Crippen LogP contribution in [0.3, 0.4) is 0 Å². The van der Waals surface area contributed by atoms with E-state index in [4.69, 9.17) is 0 Å². The van der Waals surface area contributed by atoms with Gasteiger partial charge in [0.2, 0.25) is 0 Å². The Morgan fingerprint density at radius 3 is 2.12 bits per heavy atom. The first-order chi connectivity index (χ1) is 3.18. The molecule has 0 saturated heterocycles. The molecule has 8 heavy (non-hydrogen) atoms. The quantitative estimate of drug-likeness (QED) is 0.231. The maximum Gasteiger partial charge on any atom is 1.00 e. The maximum absolute atomic E-state index is 4.66. The van der Waals surface area contributed by atoms with E-state index in [0.717, 1.165) is 6.54 Å². The van der Waals surface area contributed by atoms with E-state index in [0.29, 0.717) is 4.32 Å². The van der Waals surface area contributed by atoms with E-state index in [9.17, 15) is 0 Å². The van der Waals surface area contributed by atoms with Gasteiger partial charge < -0.3 is 29.7 Å². The van der Waals surface area contributed by atoms with Crippen LogP contribution in [0.2, 0.25) is 0 Å². The van der Waals surface area contributed by atoms with E-state index in [1.807, 2.05) is 18.9 Å². The van der Waals surface area contributed by atoms with Crippen LogP contribution in [0.25, 0.3) is 0 Å². The molecule has 0 amide bonds. The zero-order valence-corrected chi connectivity index (χ0v) is 7.10. The number of hydrogen-bond acceptors (Lipinski definition) is 2. The third kappa shape index (κ3) is 4.86. The van der Waals surface area contributed by atoms with Crippen molar-refractivity contribution in [3.05, 3.63) is 0 Å². The fraction of sp³-hybridized carbons (Fsp3) is 0.750. The van der Waals surface area contributed by atoms with Crippen LogP contribution in [-0.4, -0.2) is 22.8 Å². The normalized spacial score (nSPS) is 7.25. The van der Waals surface area contributed by atoms with Gasteiger partial charge in [0, 0.05) is 13.6 Å². The van der Waals surface area contributed by atoms with Crippen molar-refractivity contribution in [2.75, 3.05) is 13.6 Å². The Kier molecular flexibility index (Phi) is 8.39. The summed E-state index contributed by atoms with van der Waals surface area (Å²) < 4.78 is 0.544. The molecule has 0 bridgehead atoms. The van der Waals surface area contributed by atoms with Crippen molar-refractivity contribution >= 4 is 29.2 Å². The van der Waals surface area contributed by atoms with Crippen molar-refractivity contribution in [2.45, 2.75) is 6.92 Å². The molecule has 4 heteroatoms. The average molecular weight is 141 g/mol. The van der Waals surface area contributed by atoms with Gasteiger partial charge in [-0.25, -0.2) is 0 Å². The predicted molar refractivity (Wildman–Crippen MR) is 38.3 cm³/mol. The van der Waals surface area contributed by atoms with Crippen molar-refractivity contribution < 1.29 is 18.9 Å². The van der Waals surface area contributed by atoms with E-state index in [1.165, 1.54) is 0 Å². The molecule has 0 aromatic carbocycles. The van der Waals surface area contributed by atoms with Crippen LogP contribution in [0.1, 0.15) is 6.92 Å². The SMILES string of the molecule is CCN(C)C(=S)[S-].[Li+]. The summed E-state index contributed by atoms with van der Waals surface area (Å²) in [6, 6.07) is 0. The Balaban J connectivity index is 0. The third-order valence-corrected chi connectivity index (χ3v) is 1.41. The van der Waals surface area contributed by atoms with E-state index in [2.05, 4.69) is 24.8 Å². The number of nitrogens with zero attached hydrogens (tertiary/aromatic N) is 1. The van der Waals surface area contributed by atoms with E-state index >= 15 is 0 Å². The first kappa shape index (κ1) is 11.5. The van der Waals surface area contributed by atoms with Crippen LogP contribution in [0.4, 0.5) is 0 Å². The van der Waals surface area contributed by atoms with Gasteiger partial charge in [0.05, 0.1) is 0 Å². The van der Waals surface area contributed by atoms with E-state index in [1.54, 1.807) is 0 Å². The summed E-state index contributed by atoms with van der Waals surface area (Å²) in [5, 5.41) is 0. The standard InChI is InChI=1S/C4H9NS2.Li/c1-3-5(2)4(6)7;/h3H2,1-2H3,(H,6,7);/q;+1/p-1. The molecule has 0 unspecified atom stereocenters. The summed E-state index contributed by atoms with van der Waals surface area (Å²) in [6.07, 6.45) is 0. The zero-order valence-electron chi connectivity index (χ0n) is 5.47. The Morgan fingerprint density at radius 1 is 1.75 bits per heavy atom. The maximum atomic E-state index is 4.66. The van der Waals surface area contributed by atoms with Crippen molar-refractivity contribution in [1.82, 2.24) is 4.90 Å². The molecule has 0 aliphatic heterocycles. The van der Waals surface area contributed by atoms with Crippen LogP contribution >= 0.6 is 12.2 Å². The Morgan fingerprint density at radius 2 is 2.12 bits per heavy atom. The van der Waals surface area contributed by atoms with Gasteiger partial charge in [-0.3, -0.25) is 0 Å². The van der Waals surface area contributed by atoms with Crippen LogP contribution in [-0.2, 0) is 12.6 Å². The average Bonchev–Trinajstić information content (AvgIpc) is 1.65. The molecule has 0 aromatic heterocycles. The molecule has 0 aromatic rings. The second kappa shape index (κ2) is 5.84. The molecule has 0 radical (unpaired) electrons. The molecule has 0 N–H and O–H groups in total. The molecule has 0 aliphatic carbocycles. The molecule has 0 fully saturated rings. The minimum Gasteiger partial charge on any atom is -0.411 e. The number of thiocarbonyl (C=S) groups is 1. The summed E-state index contributed by atoms with van der Waals surface area (Å²) in [5.74, 6) is 0. The predicted octanol–water partition coefficient (Wildman–Crippen LogP) is -2.23. The summed E-state index contributed by atoms with van der Waals surface area (Å²) in [5.41, 5.74) is 0. The van der Waals surface area contributed by atoms with Crippen molar-refractivity contribution in [3.8, 4) is 0 Å². The minimum absolute atomic E-state index is 0. The Bertz CT molecular complexity index is 76.4. The molecule has 0 atom stereocenters. The summed E-state index contributed by atoms with van der Waals surface area (Å²) >= 11 is 9.32. The molecule has 0 saturated carbocycles. The van der Waals surface area contributed by atoms with Gasteiger partial charge in [0.25, 0.3) is 0 Å². The monoisotopic (exact) mass is 141 g/mol. The fourth-order valence-corrected chi connectivity index (χ4v) is 0.387. The van der Waals surface area contributed by atoms with Crippen molar-refractivity contribution in [3.63, 3.8) is 0 Å². The molecule has 0 aliphatic rings. The van der Waals surface area contributed by atoms with E-state index in [-0.39, 0.29) is 18.9 Å². The number of hydrogen-bond donors (Lipinski definition) is 0. The van der Waals surface area contributed by atoms with Gasteiger partial charge in [-0.1, -0.05) is 4.32 Å². The van der Waals surface area contributed by atoms with Gasteiger partial charge in [-0.2, -0.15) is 0 Å². The van der Waals surface area contributed by atoms with Crippen LogP contribution in [0.15, 0.2) is 0 Å². The molecule has 0 heterocycles. The van der Waals surface area contributed by atoms with Gasteiger partial charge in [0.15, 0.2) is 0 Å². The van der Waals surface area contributed by atoms with Gasteiger partial charge >= 0.3 is 18.9 Å². The van der Waals surface area contributed by atoms with E-state index < -0.39 is 0 Å². The summed E-state index contributed by atoms with van der Waals surface area (Å²) in [7, 11) is 1.88. The summed E-state index contributed by atoms with van der Waals surface area (Å²) in [6.45, 7) is 2.92. The Hall–Kier alpha value is 0.707. The Labute approximate surface area is 73.4 Å². The largest absolute Gasteiger partial charge is 1.00 e. The second-order valence-electron chi connectivity index (χ2n) is 1.28. The third-order valence-electron chi connectivity index (χ3n) is 0.786. The molecule has 42 valence electrons. The van der Waals surface area contributed by atoms with Crippen molar-refractivity contribution in [1.29, 1.82) is 0 Å². The van der Waals surface area contributed by atoms with Gasteiger partial charge in [-0.05, 0) is 6.92 Å². The zero-order chi connectivity index (χ0) is 5.86. The molecule has 0 rings (SSSR count). The summed E-state index contributed by atoms with van der Waals surface area (Å²) in [4.78, 5) is 1.84. The second-order valence-corrected chi connectivity index (χ2v) is 2.31. The fourth-order valence-electron chi connectivity index (χ4n) is 0.129. The minimum atomic E-state index is 0. The van der Waals surface area contributed by atoms with Gasteiger partial charge in [0.1, 0.15) is 0 Å². The topological polar surface area (TPSA) is 3.24 Å². The number of rotatable bonds is 1. The van der Waals surface area contributed by atoms with Crippen molar-refractivity contribution in [2.24, 2.45) is 0 Å². The van der Waals surface area contributed by atoms with Crippen LogP contribution in [0, 0.1) is 0 Å².